The van der Waals surface area contributed by atoms with E-state index in [2.05, 4.69) is 0 Å². The lowest BCUT2D eigenvalue weighted by Crippen LogP contribution is -2.43. The van der Waals surface area contributed by atoms with E-state index in [0.29, 0.717) is 5.75 Å². The van der Waals surface area contributed by atoms with Gasteiger partial charge in [0.05, 0.1) is 7.11 Å². The molecule has 21 heavy (non-hydrogen) atoms. The molecule has 0 bridgehead atoms. The molecule has 1 atom stereocenters. The van der Waals surface area contributed by atoms with Gasteiger partial charge >= 0.3 is 5.97 Å². The molecule has 1 unspecified atom stereocenters. The van der Waals surface area contributed by atoms with E-state index in [1.54, 1.807) is 38.3 Å². The topological polar surface area (TPSA) is 55.8 Å². The van der Waals surface area contributed by atoms with Gasteiger partial charge in [-0.25, -0.2) is 4.79 Å². The van der Waals surface area contributed by atoms with Crippen molar-refractivity contribution in [3.05, 3.63) is 60.2 Å². The van der Waals surface area contributed by atoms with E-state index in [-0.39, 0.29) is 6.42 Å². The zero-order valence-corrected chi connectivity index (χ0v) is 12.1. The first-order chi connectivity index (χ1) is 10.0. The largest absolute Gasteiger partial charge is 0.497 e. The Morgan fingerprint density at radius 1 is 1.05 bits per heavy atom. The van der Waals surface area contributed by atoms with Gasteiger partial charge in [-0.15, -0.1) is 0 Å². The highest BCUT2D eigenvalue weighted by Crippen LogP contribution is 2.23. The third-order valence-electron chi connectivity index (χ3n) is 3.24. The molecule has 0 radical (unpaired) electrons. The first-order valence-electron chi connectivity index (χ1n) is 6.64. The van der Waals surface area contributed by atoms with Crippen LogP contribution in [0.2, 0.25) is 0 Å². The van der Waals surface area contributed by atoms with E-state index >= 15 is 0 Å². The van der Waals surface area contributed by atoms with Crippen LogP contribution in [0, 0.1) is 0 Å². The van der Waals surface area contributed by atoms with Gasteiger partial charge < -0.3 is 14.6 Å². The molecule has 0 aliphatic heterocycles. The van der Waals surface area contributed by atoms with Crippen molar-refractivity contribution in [2.45, 2.75) is 18.9 Å². The number of benzene rings is 2. The normalized spacial score (nSPS) is 13.2. The summed E-state index contributed by atoms with van der Waals surface area (Å²) in [4.78, 5) is 11.6. The van der Waals surface area contributed by atoms with Crippen molar-refractivity contribution in [1.82, 2.24) is 0 Å². The number of hydrogen-bond donors (Lipinski definition) is 1. The van der Waals surface area contributed by atoms with Gasteiger partial charge in [-0.3, -0.25) is 0 Å². The minimum Gasteiger partial charge on any atom is -0.497 e. The van der Waals surface area contributed by atoms with Crippen LogP contribution < -0.4 is 9.47 Å². The summed E-state index contributed by atoms with van der Waals surface area (Å²) in [6.45, 7) is 1.58. The predicted molar refractivity (Wildman–Crippen MR) is 79.8 cm³/mol. The monoisotopic (exact) mass is 286 g/mol. The van der Waals surface area contributed by atoms with Crippen molar-refractivity contribution in [2.75, 3.05) is 7.11 Å². The summed E-state index contributed by atoms with van der Waals surface area (Å²) in [5, 5.41) is 9.51. The highest BCUT2D eigenvalue weighted by atomic mass is 16.5. The molecule has 0 aromatic heterocycles. The number of methoxy groups -OCH3 is 1. The van der Waals surface area contributed by atoms with Gasteiger partial charge in [0.25, 0.3) is 0 Å². The standard InChI is InChI=1S/C17H18O4/c1-17(16(18)19,21-15-6-4-3-5-7-15)12-13-8-10-14(20-2)11-9-13/h3-11H,12H2,1-2H3,(H,18,19). The fraction of sp³-hybridized carbons (Fsp3) is 0.235. The van der Waals surface area contributed by atoms with Crippen LogP contribution in [0.4, 0.5) is 0 Å². The SMILES string of the molecule is COc1ccc(CC(C)(Oc2ccccc2)C(=O)O)cc1. The van der Waals surface area contributed by atoms with Crippen LogP contribution in [0.1, 0.15) is 12.5 Å². The molecule has 0 heterocycles. The van der Waals surface area contributed by atoms with Gasteiger partial charge in [0.1, 0.15) is 11.5 Å². The van der Waals surface area contributed by atoms with Crippen LogP contribution in [0.3, 0.4) is 0 Å². The molecule has 0 aliphatic rings. The van der Waals surface area contributed by atoms with E-state index in [0.717, 1.165) is 11.3 Å². The maximum atomic E-state index is 11.6. The predicted octanol–water partition coefficient (Wildman–Crippen LogP) is 3.16. The molecule has 2 rings (SSSR count). The fourth-order valence-corrected chi connectivity index (χ4v) is 2.04. The van der Waals surface area contributed by atoms with Gasteiger partial charge in [0.2, 0.25) is 5.60 Å². The van der Waals surface area contributed by atoms with Gasteiger partial charge in [-0.2, -0.15) is 0 Å². The lowest BCUT2D eigenvalue weighted by Gasteiger charge is -2.26. The Morgan fingerprint density at radius 2 is 1.67 bits per heavy atom. The molecule has 0 aliphatic carbocycles. The van der Waals surface area contributed by atoms with Gasteiger partial charge in [0, 0.05) is 6.42 Å². The number of aliphatic carboxylic acids is 1. The first-order valence-corrected chi connectivity index (χ1v) is 6.64. The van der Waals surface area contributed by atoms with Gasteiger partial charge in [-0.05, 0) is 36.8 Å². The van der Waals surface area contributed by atoms with Crippen molar-refractivity contribution in [3.8, 4) is 11.5 Å². The maximum Gasteiger partial charge on any atom is 0.348 e. The van der Waals surface area contributed by atoms with Crippen LogP contribution >= 0.6 is 0 Å². The Balaban J connectivity index is 2.19. The van der Waals surface area contributed by atoms with Crippen molar-refractivity contribution in [2.24, 2.45) is 0 Å². The molecule has 2 aromatic rings. The zero-order valence-electron chi connectivity index (χ0n) is 12.1. The second-order valence-corrected chi connectivity index (χ2v) is 4.98. The minimum atomic E-state index is -1.32. The molecule has 2 aromatic carbocycles. The molecule has 1 N–H and O–H groups in total. The quantitative estimate of drug-likeness (QED) is 0.886. The Bertz CT molecular complexity index is 592. The number of para-hydroxylation sites is 1. The maximum absolute atomic E-state index is 11.6. The summed E-state index contributed by atoms with van der Waals surface area (Å²) in [7, 11) is 1.59. The van der Waals surface area contributed by atoms with Crippen LogP contribution in [0.25, 0.3) is 0 Å². The molecular weight excluding hydrogens is 268 g/mol. The third kappa shape index (κ3) is 3.75. The Kier molecular flexibility index (Phi) is 4.48. The average Bonchev–Trinajstić information content (AvgIpc) is 2.49. The summed E-state index contributed by atoms with van der Waals surface area (Å²) < 4.78 is 10.8. The van der Waals surface area contributed by atoms with E-state index in [4.69, 9.17) is 9.47 Å². The summed E-state index contributed by atoms with van der Waals surface area (Å²) in [6.07, 6.45) is 0.265. The summed E-state index contributed by atoms with van der Waals surface area (Å²) in [5.41, 5.74) is -0.452. The number of carboxylic acid groups (broad SMARTS) is 1. The number of carbonyl (C=O) groups is 1. The van der Waals surface area contributed by atoms with E-state index in [9.17, 15) is 9.90 Å². The Labute approximate surface area is 123 Å². The van der Waals surface area contributed by atoms with Gasteiger partial charge in [0.15, 0.2) is 0 Å². The Morgan fingerprint density at radius 3 is 2.19 bits per heavy atom. The first kappa shape index (κ1) is 14.9. The molecule has 0 amide bonds. The highest BCUT2D eigenvalue weighted by Gasteiger charge is 2.36. The molecular formula is C17H18O4. The van der Waals surface area contributed by atoms with Crippen molar-refractivity contribution in [1.29, 1.82) is 0 Å². The van der Waals surface area contributed by atoms with Crippen LogP contribution in [0.5, 0.6) is 11.5 Å². The van der Waals surface area contributed by atoms with Crippen molar-refractivity contribution >= 4 is 5.97 Å². The summed E-state index contributed by atoms with van der Waals surface area (Å²) in [5.74, 6) is 0.276. The molecule has 0 saturated heterocycles. The summed E-state index contributed by atoms with van der Waals surface area (Å²) in [6, 6.07) is 16.3. The van der Waals surface area contributed by atoms with Crippen LogP contribution in [-0.2, 0) is 11.2 Å². The Hall–Kier alpha value is -2.49. The van der Waals surface area contributed by atoms with E-state index < -0.39 is 11.6 Å². The van der Waals surface area contributed by atoms with Crippen molar-refractivity contribution in [3.63, 3.8) is 0 Å². The number of ether oxygens (including phenoxy) is 2. The van der Waals surface area contributed by atoms with Gasteiger partial charge in [-0.1, -0.05) is 30.3 Å². The molecule has 0 fully saturated rings. The number of rotatable bonds is 6. The molecule has 0 saturated carbocycles. The van der Waals surface area contributed by atoms with E-state index in [1.807, 2.05) is 30.3 Å². The second kappa shape index (κ2) is 6.31. The molecule has 110 valence electrons. The van der Waals surface area contributed by atoms with E-state index in [1.165, 1.54) is 0 Å². The van der Waals surface area contributed by atoms with Crippen LogP contribution in [0.15, 0.2) is 54.6 Å². The summed E-state index contributed by atoms with van der Waals surface area (Å²) >= 11 is 0. The molecule has 4 heteroatoms. The lowest BCUT2D eigenvalue weighted by molar-refractivity contribution is -0.153. The second-order valence-electron chi connectivity index (χ2n) is 4.98. The highest BCUT2D eigenvalue weighted by molar-refractivity contribution is 5.78. The zero-order chi connectivity index (χ0) is 15.3. The van der Waals surface area contributed by atoms with Crippen LogP contribution in [-0.4, -0.2) is 23.8 Å². The average molecular weight is 286 g/mol. The number of carboxylic acids is 1. The smallest absolute Gasteiger partial charge is 0.348 e. The fourth-order valence-electron chi connectivity index (χ4n) is 2.04. The molecule has 4 nitrogen and oxygen atoms in total. The molecule has 0 spiro atoms. The lowest BCUT2D eigenvalue weighted by atomic mass is 9.96. The third-order valence-corrected chi connectivity index (χ3v) is 3.24. The van der Waals surface area contributed by atoms with Crippen molar-refractivity contribution < 1.29 is 19.4 Å². The minimum absolute atomic E-state index is 0.265. The number of hydrogen-bond acceptors (Lipinski definition) is 3.